The van der Waals surface area contributed by atoms with Crippen molar-refractivity contribution in [1.29, 1.82) is 5.26 Å². The van der Waals surface area contributed by atoms with Gasteiger partial charge in [-0.2, -0.15) is 5.26 Å². The molecule has 1 heterocycles. The molecule has 0 aromatic heterocycles. The van der Waals surface area contributed by atoms with Gasteiger partial charge in [0.25, 0.3) is 0 Å². The molecule has 6 heteroatoms. The first-order valence-electron chi connectivity index (χ1n) is 6.89. The molecule has 1 aliphatic heterocycles. The van der Waals surface area contributed by atoms with Gasteiger partial charge < -0.3 is 18.9 Å². The van der Waals surface area contributed by atoms with Crippen LogP contribution < -0.4 is 0 Å². The molecule has 0 radical (unpaired) electrons. The Balaban J connectivity index is 2.25. The lowest BCUT2D eigenvalue weighted by Crippen LogP contribution is -2.29. The fraction of sp³-hybridized carbons (Fsp3) is 0.857. The number of hydrogen-bond acceptors (Lipinski definition) is 6. The zero-order valence-electron chi connectivity index (χ0n) is 12.4. The second kappa shape index (κ2) is 8.20. The summed E-state index contributed by atoms with van der Waals surface area (Å²) in [7, 11) is 1.36. The van der Waals surface area contributed by atoms with Gasteiger partial charge in [-0.15, -0.1) is 0 Å². The normalized spacial score (nSPS) is 27.0. The molecule has 0 N–H and O–H groups in total. The third-order valence-electron chi connectivity index (χ3n) is 3.30. The smallest absolute Gasteiger partial charge is 0.305 e. The largest absolute Gasteiger partial charge is 0.469 e. The molecule has 0 spiro atoms. The number of nitriles is 1. The monoisotopic (exact) mass is 285 g/mol. The zero-order valence-corrected chi connectivity index (χ0v) is 12.4. The minimum Gasteiger partial charge on any atom is -0.469 e. The average Bonchev–Trinajstić information content (AvgIpc) is 2.83. The van der Waals surface area contributed by atoms with E-state index in [9.17, 15) is 4.79 Å². The van der Waals surface area contributed by atoms with Crippen LogP contribution in [0.4, 0.5) is 0 Å². The molecule has 1 rings (SSSR count). The van der Waals surface area contributed by atoms with Gasteiger partial charge in [0.05, 0.1) is 45.3 Å². The van der Waals surface area contributed by atoms with Crippen molar-refractivity contribution in [3.8, 4) is 6.07 Å². The van der Waals surface area contributed by atoms with E-state index in [0.29, 0.717) is 26.2 Å². The van der Waals surface area contributed by atoms with E-state index < -0.39 is 5.79 Å². The summed E-state index contributed by atoms with van der Waals surface area (Å²) in [6, 6.07) is 2.18. The molecule has 0 bridgehead atoms. The van der Waals surface area contributed by atoms with Crippen molar-refractivity contribution in [2.45, 2.75) is 45.0 Å². The van der Waals surface area contributed by atoms with Gasteiger partial charge in [0.15, 0.2) is 5.79 Å². The quantitative estimate of drug-likeness (QED) is 0.631. The van der Waals surface area contributed by atoms with Crippen LogP contribution in [0.2, 0.25) is 0 Å². The fourth-order valence-corrected chi connectivity index (χ4v) is 1.92. The summed E-state index contributed by atoms with van der Waals surface area (Å²) in [4.78, 5) is 11.1. The maximum Gasteiger partial charge on any atom is 0.305 e. The van der Waals surface area contributed by atoms with E-state index in [-0.39, 0.29) is 24.4 Å². The van der Waals surface area contributed by atoms with Crippen molar-refractivity contribution in [1.82, 2.24) is 0 Å². The Morgan fingerprint density at radius 2 is 2.35 bits per heavy atom. The number of carbonyl (C=O) groups is 1. The van der Waals surface area contributed by atoms with E-state index in [1.165, 1.54) is 7.11 Å². The van der Waals surface area contributed by atoms with Crippen molar-refractivity contribution in [2.24, 2.45) is 5.92 Å². The molecule has 114 valence electrons. The van der Waals surface area contributed by atoms with Gasteiger partial charge >= 0.3 is 5.97 Å². The topological polar surface area (TPSA) is 77.8 Å². The first-order valence-corrected chi connectivity index (χ1v) is 6.89. The van der Waals surface area contributed by atoms with E-state index in [1.54, 1.807) is 6.92 Å². The highest BCUT2D eigenvalue weighted by Crippen LogP contribution is 2.28. The number of esters is 1. The fourth-order valence-electron chi connectivity index (χ4n) is 1.92. The van der Waals surface area contributed by atoms with Gasteiger partial charge in [0, 0.05) is 6.42 Å². The Morgan fingerprint density at radius 1 is 1.60 bits per heavy atom. The van der Waals surface area contributed by atoms with Crippen LogP contribution >= 0.6 is 0 Å². The summed E-state index contributed by atoms with van der Waals surface area (Å²) in [5.74, 6) is -1.12. The summed E-state index contributed by atoms with van der Waals surface area (Å²) in [6.45, 7) is 5.00. The molecular formula is C14H23NO5. The third kappa shape index (κ3) is 5.45. The minimum atomic E-state index is -0.762. The van der Waals surface area contributed by atoms with Crippen LogP contribution in [0.25, 0.3) is 0 Å². The third-order valence-corrected chi connectivity index (χ3v) is 3.30. The first-order chi connectivity index (χ1) is 9.53. The van der Waals surface area contributed by atoms with Crippen LogP contribution in [0.15, 0.2) is 0 Å². The second-order valence-corrected chi connectivity index (χ2v) is 5.03. The van der Waals surface area contributed by atoms with Gasteiger partial charge in [-0.1, -0.05) is 6.92 Å². The van der Waals surface area contributed by atoms with Crippen LogP contribution in [-0.2, 0) is 23.7 Å². The van der Waals surface area contributed by atoms with Crippen molar-refractivity contribution < 1.29 is 23.7 Å². The molecule has 0 amide bonds. The molecule has 3 atom stereocenters. The lowest BCUT2D eigenvalue weighted by molar-refractivity contribution is -0.171. The van der Waals surface area contributed by atoms with E-state index >= 15 is 0 Å². The molecule has 3 unspecified atom stereocenters. The number of ether oxygens (including phenoxy) is 4. The number of carbonyl (C=O) groups excluding carboxylic acids is 1. The van der Waals surface area contributed by atoms with Gasteiger partial charge in [-0.25, -0.2) is 0 Å². The van der Waals surface area contributed by atoms with Crippen molar-refractivity contribution >= 4 is 5.97 Å². The van der Waals surface area contributed by atoms with Gasteiger partial charge in [0.2, 0.25) is 0 Å². The highest BCUT2D eigenvalue weighted by Gasteiger charge is 2.37. The molecule has 0 aromatic carbocycles. The molecule has 0 aliphatic carbocycles. The average molecular weight is 285 g/mol. The first kappa shape index (κ1) is 16.9. The predicted molar refractivity (Wildman–Crippen MR) is 70.7 cm³/mol. The Hall–Kier alpha value is -1.16. The van der Waals surface area contributed by atoms with Crippen molar-refractivity contribution in [3.63, 3.8) is 0 Å². The maximum atomic E-state index is 11.1. The minimum absolute atomic E-state index is 0.0805. The van der Waals surface area contributed by atoms with Crippen molar-refractivity contribution in [2.75, 3.05) is 26.9 Å². The highest BCUT2D eigenvalue weighted by molar-refractivity contribution is 5.69. The predicted octanol–water partition coefficient (Wildman–Crippen LogP) is 1.64. The number of methoxy groups -OCH3 is 1. The highest BCUT2D eigenvalue weighted by atomic mass is 16.7. The van der Waals surface area contributed by atoms with Crippen LogP contribution in [0.5, 0.6) is 0 Å². The van der Waals surface area contributed by atoms with Gasteiger partial charge in [-0.05, 0) is 13.3 Å². The molecule has 0 aromatic rings. The molecular weight excluding hydrogens is 262 g/mol. The van der Waals surface area contributed by atoms with Crippen LogP contribution in [0.1, 0.15) is 33.1 Å². The Labute approximate surface area is 119 Å². The molecule has 1 aliphatic rings. The standard InChI is InChI=1S/C14H23NO5/c1-4-11(7-15)8-18-9-12-10-19-14(2,20-12)6-5-13(16)17-3/h11-12H,4-6,8-10H2,1-3H3. The summed E-state index contributed by atoms with van der Waals surface area (Å²) in [5.41, 5.74) is 0. The maximum absolute atomic E-state index is 11.1. The molecule has 1 fully saturated rings. The molecule has 0 saturated carbocycles. The Kier molecular flexibility index (Phi) is 6.93. The number of hydrogen-bond donors (Lipinski definition) is 0. The van der Waals surface area contributed by atoms with Gasteiger partial charge in [-0.3, -0.25) is 4.79 Å². The SMILES string of the molecule is CCC(C#N)COCC1COC(C)(CCC(=O)OC)O1. The summed E-state index contributed by atoms with van der Waals surface area (Å²) in [5, 5.41) is 8.82. The van der Waals surface area contributed by atoms with Crippen molar-refractivity contribution in [3.05, 3.63) is 0 Å². The summed E-state index contributed by atoms with van der Waals surface area (Å²) in [6.07, 6.45) is 1.32. The van der Waals surface area contributed by atoms with E-state index in [1.807, 2.05) is 6.92 Å². The van der Waals surface area contributed by atoms with E-state index in [0.717, 1.165) is 6.42 Å². The van der Waals surface area contributed by atoms with Crippen LogP contribution in [0, 0.1) is 17.2 Å². The van der Waals surface area contributed by atoms with E-state index in [2.05, 4.69) is 10.8 Å². The lowest BCUT2D eigenvalue weighted by Gasteiger charge is -2.22. The molecule has 6 nitrogen and oxygen atoms in total. The van der Waals surface area contributed by atoms with Gasteiger partial charge in [0.1, 0.15) is 6.10 Å². The summed E-state index contributed by atoms with van der Waals surface area (Å²) >= 11 is 0. The Bertz CT molecular complexity index is 354. The molecule has 1 saturated heterocycles. The van der Waals surface area contributed by atoms with Crippen LogP contribution in [-0.4, -0.2) is 44.8 Å². The summed E-state index contributed by atoms with van der Waals surface area (Å²) < 4.78 is 21.4. The zero-order chi connectivity index (χ0) is 15.0. The number of nitrogens with zero attached hydrogens (tertiary/aromatic N) is 1. The second-order valence-electron chi connectivity index (χ2n) is 5.03. The van der Waals surface area contributed by atoms with Crippen LogP contribution in [0.3, 0.4) is 0 Å². The lowest BCUT2D eigenvalue weighted by atomic mass is 10.1. The Morgan fingerprint density at radius 3 is 2.95 bits per heavy atom. The number of rotatable bonds is 8. The molecule has 20 heavy (non-hydrogen) atoms. The van der Waals surface area contributed by atoms with E-state index in [4.69, 9.17) is 19.5 Å².